The zero-order valence-electron chi connectivity index (χ0n) is 11.9. The van der Waals surface area contributed by atoms with Crippen molar-refractivity contribution >= 4 is 10.8 Å². The van der Waals surface area contributed by atoms with E-state index in [1.54, 1.807) is 0 Å². The molecule has 4 rings (SSSR count). The maximum atomic E-state index is 12.2. The molecule has 1 aliphatic rings. The van der Waals surface area contributed by atoms with Crippen LogP contribution in [-0.4, -0.2) is 9.97 Å². The smallest absolute Gasteiger partial charge is 0.254 e. The maximum absolute atomic E-state index is 12.2. The summed E-state index contributed by atoms with van der Waals surface area (Å²) in [6, 6.07) is 14.4. The minimum Gasteiger partial charge on any atom is -0.310 e. The van der Waals surface area contributed by atoms with Crippen molar-refractivity contribution in [1.29, 1.82) is 0 Å². The Hall–Kier alpha value is -2.42. The molecule has 1 saturated carbocycles. The fourth-order valence-corrected chi connectivity index (χ4v) is 2.79. The van der Waals surface area contributed by atoms with Gasteiger partial charge in [0.05, 0.1) is 5.69 Å². The monoisotopic (exact) mass is 276 g/mol. The molecule has 1 heterocycles. The first-order chi connectivity index (χ1) is 10.2. The van der Waals surface area contributed by atoms with Crippen LogP contribution in [0.2, 0.25) is 0 Å². The zero-order valence-corrected chi connectivity index (χ0v) is 11.9. The van der Waals surface area contributed by atoms with Crippen LogP contribution in [0, 0.1) is 6.92 Å². The van der Waals surface area contributed by atoms with E-state index in [1.165, 1.54) is 5.39 Å². The topological polar surface area (TPSA) is 45.8 Å². The van der Waals surface area contributed by atoms with Crippen molar-refractivity contribution in [3.63, 3.8) is 0 Å². The van der Waals surface area contributed by atoms with Crippen molar-refractivity contribution in [2.24, 2.45) is 0 Å². The fraction of sp³-hybridized carbons (Fsp3) is 0.222. The van der Waals surface area contributed by atoms with Gasteiger partial charge in [0.25, 0.3) is 5.56 Å². The second kappa shape index (κ2) is 4.55. The Balaban J connectivity index is 2.02. The van der Waals surface area contributed by atoms with Crippen molar-refractivity contribution in [1.82, 2.24) is 9.97 Å². The Kier molecular flexibility index (Phi) is 2.67. The lowest BCUT2D eigenvalue weighted by atomic mass is 10.00. The molecule has 21 heavy (non-hydrogen) atoms. The quantitative estimate of drug-likeness (QED) is 0.774. The van der Waals surface area contributed by atoms with Crippen LogP contribution >= 0.6 is 0 Å². The first-order valence-corrected chi connectivity index (χ1v) is 7.33. The summed E-state index contributed by atoms with van der Waals surface area (Å²) in [5, 5.41) is 2.31. The molecule has 0 radical (unpaired) electrons. The second-order valence-corrected chi connectivity index (χ2v) is 5.73. The maximum Gasteiger partial charge on any atom is 0.254 e. The number of aromatic nitrogens is 2. The number of hydrogen-bond donors (Lipinski definition) is 1. The molecular formula is C18H16N2O. The molecule has 1 aliphatic carbocycles. The van der Waals surface area contributed by atoms with E-state index < -0.39 is 0 Å². The van der Waals surface area contributed by atoms with E-state index in [1.807, 2.05) is 31.2 Å². The fourth-order valence-electron chi connectivity index (χ4n) is 2.79. The summed E-state index contributed by atoms with van der Waals surface area (Å²) in [4.78, 5) is 19.9. The molecule has 0 aliphatic heterocycles. The Bertz CT molecular complexity index is 886. The Morgan fingerprint density at radius 1 is 1.10 bits per heavy atom. The number of benzene rings is 2. The van der Waals surface area contributed by atoms with E-state index in [-0.39, 0.29) is 5.56 Å². The van der Waals surface area contributed by atoms with E-state index in [0.29, 0.717) is 11.5 Å². The minimum atomic E-state index is -0.0187. The normalized spacial score (nSPS) is 14.5. The highest BCUT2D eigenvalue weighted by molar-refractivity contribution is 5.96. The summed E-state index contributed by atoms with van der Waals surface area (Å²) in [5.74, 6) is 1.28. The Morgan fingerprint density at radius 2 is 1.86 bits per heavy atom. The van der Waals surface area contributed by atoms with Gasteiger partial charge in [0.1, 0.15) is 5.82 Å². The van der Waals surface area contributed by atoms with Crippen molar-refractivity contribution in [3.05, 3.63) is 64.2 Å². The molecule has 2 aromatic carbocycles. The summed E-state index contributed by atoms with van der Waals surface area (Å²) >= 11 is 0. The lowest BCUT2D eigenvalue weighted by molar-refractivity contribution is 0.901. The van der Waals surface area contributed by atoms with E-state index in [0.717, 1.165) is 35.3 Å². The highest BCUT2D eigenvalue weighted by Crippen LogP contribution is 2.38. The summed E-state index contributed by atoms with van der Waals surface area (Å²) in [6.45, 7) is 1.85. The highest BCUT2D eigenvalue weighted by Gasteiger charge is 2.27. The number of hydrogen-bond acceptors (Lipinski definition) is 2. The van der Waals surface area contributed by atoms with Gasteiger partial charge < -0.3 is 4.98 Å². The molecule has 0 saturated heterocycles. The molecular weight excluding hydrogens is 260 g/mol. The summed E-state index contributed by atoms with van der Waals surface area (Å²) < 4.78 is 0. The minimum absolute atomic E-state index is 0.0187. The van der Waals surface area contributed by atoms with Crippen molar-refractivity contribution in [3.8, 4) is 11.3 Å². The molecule has 1 fully saturated rings. The van der Waals surface area contributed by atoms with Crippen LogP contribution in [0.25, 0.3) is 22.0 Å². The van der Waals surface area contributed by atoms with Crippen LogP contribution in [0.5, 0.6) is 0 Å². The predicted octanol–water partition coefficient (Wildman–Crippen LogP) is 3.78. The van der Waals surface area contributed by atoms with Gasteiger partial charge in [-0.25, -0.2) is 4.98 Å². The number of nitrogens with zero attached hydrogens (tertiary/aromatic N) is 1. The van der Waals surface area contributed by atoms with Crippen LogP contribution in [0.1, 0.15) is 30.1 Å². The van der Waals surface area contributed by atoms with Crippen molar-refractivity contribution in [2.45, 2.75) is 25.7 Å². The molecule has 0 atom stereocenters. The van der Waals surface area contributed by atoms with Crippen LogP contribution in [0.15, 0.2) is 47.3 Å². The number of nitrogens with one attached hydrogen (secondary N) is 1. The van der Waals surface area contributed by atoms with Gasteiger partial charge in [-0.2, -0.15) is 0 Å². The average Bonchev–Trinajstić information content (AvgIpc) is 3.34. The van der Waals surface area contributed by atoms with Crippen LogP contribution in [-0.2, 0) is 0 Å². The molecule has 0 spiro atoms. The Morgan fingerprint density at radius 3 is 2.67 bits per heavy atom. The van der Waals surface area contributed by atoms with E-state index in [2.05, 4.69) is 23.2 Å². The molecule has 1 N–H and O–H groups in total. The molecule has 104 valence electrons. The van der Waals surface area contributed by atoms with Gasteiger partial charge in [-0.3, -0.25) is 4.79 Å². The first kappa shape index (κ1) is 12.3. The third kappa shape index (κ3) is 2.05. The number of fused-ring (bicyclic) bond motifs is 1. The molecule has 0 unspecified atom stereocenters. The molecule has 0 amide bonds. The van der Waals surface area contributed by atoms with Gasteiger partial charge >= 0.3 is 0 Å². The third-order valence-corrected chi connectivity index (χ3v) is 4.18. The summed E-state index contributed by atoms with van der Waals surface area (Å²) in [5.41, 5.74) is 2.53. The zero-order chi connectivity index (χ0) is 14.4. The lowest BCUT2D eigenvalue weighted by Gasteiger charge is -2.10. The lowest BCUT2D eigenvalue weighted by Crippen LogP contribution is -2.15. The van der Waals surface area contributed by atoms with Gasteiger partial charge in [0, 0.05) is 17.0 Å². The molecule has 3 nitrogen and oxygen atoms in total. The molecule has 3 heteroatoms. The standard InChI is InChI=1S/C18H16N2O/c1-11-16(19-17(13-9-10-13)20-18(11)21)15-8-4-6-12-5-2-3-7-14(12)15/h2-8,13H,9-10H2,1H3,(H,19,20,21). The van der Waals surface area contributed by atoms with Crippen LogP contribution in [0.3, 0.4) is 0 Å². The van der Waals surface area contributed by atoms with Crippen LogP contribution < -0.4 is 5.56 Å². The van der Waals surface area contributed by atoms with Gasteiger partial charge in [-0.05, 0) is 30.5 Å². The number of aromatic amines is 1. The van der Waals surface area contributed by atoms with Gasteiger partial charge in [-0.1, -0.05) is 42.5 Å². The van der Waals surface area contributed by atoms with Gasteiger partial charge in [0.15, 0.2) is 0 Å². The van der Waals surface area contributed by atoms with Gasteiger partial charge in [-0.15, -0.1) is 0 Å². The third-order valence-electron chi connectivity index (χ3n) is 4.18. The van der Waals surface area contributed by atoms with Crippen molar-refractivity contribution < 1.29 is 0 Å². The average molecular weight is 276 g/mol. The second-order valence-electron chi connectivity index (χ2n) is 5.73. The molecule has 1 aromatic heterocycles. The number of H-pyrrole nitrogens is 1. The number of rotatable bonds is 2. The highest BCUT2D eigenvalue weighted by atomic mass is 16.1. The first-order valence-electron chi connectivity index (χ1n) is 7.33. The molecule has 0 bridgehead atoms. The van der Waals surface area contributed by atoms with Crippen molar-refractivity contribution in [2.75, 3.05) is 0 Å². The molecule has 3 aromatic rings. The Labute approximate surface area is 122 Å². The summed E-state index contributed by atoms with van der Waals surface area (Å²) in [6.07, 6.45) is 2.25. The van der Waals surface area contributed by atoms with E-state index in [9.17, 15) is 4.79 Å². The van der Waals surface area contributed by atoms with E-state index >= 15 is 0 Å². The SMILES string of the molecule is Cc1c(-c2cccc3ccccc23)nc(C2CC2)[nH]c1=O. The summed E-state index contributed by atoms with van der Waals surface area (Å²) in [7, 11) is 0. The van der Waals surface area contributed by atoms with Gasteiger partial charge in [0.2, 0.25) is 0 Å². The van der Waals surface area contributed by atoms with Crippen LogP contribution in [0.4, 0.5) is 0 Å². The predicted molar refractivity (Wildman–Crippen MR) is 84.5 cm³/mol. The van der Waals surface area contributed by atoms with E-state index in [4.69, 9.17) is 4.98 Å². The largest absolute Gasteiger partial charge is 0.310 e.